The maximum atomic E-state index is 11.9. The lowest BCUT2D eigenvalue weighted by Gasteiger charge is -2.33. The third kappa shape index (κ3) is 2.50. The number of benzene rings is 2. The monoisotopic (exact) mass is 282 g/mol. The molecule has 4 heteroatoms. The van der Waals surface area contributed by atoms with Crippen LogP contribution in [-0.4, -0.2) is 17.7 Å². The van der Waals surface area contributed by atoms with E-state index in [2.05, 4.69) is 23.1 Å². The molecule has 0 fully saturated rings. The lowest BCUT2D eigenvalue weighted by atomic mass is 9.97. The Bertz CT molecular complexity index is 682. The van der Waals surface area contributed by atoms with Crippen LogP contribution in [0.2, 0.25) is 0 Å². The Morgan fingerprint density at radius 3 is 2.67 bits per heavy atom. The van der Waals surface area contributed by atoms with Gasteiger partial charge in [0.05, 0.1) is 11.3 Å². The molecule has 108 valence electrons. The number of aryl methyl sites for hydroxylation is 1. The lowest BCUT2D eigenvalue weighted by Crippen LogP contribution is -2.33. The third-order valence-electron chi connectivity index (χ3n) is 4.03. The largest absolute Gasteiger partial charge is 0.366 e. The van der Waals surface area contributed by atoms with E-state index in [0.717, 1.165) is 30.8 Å². The number of carbonyl (C=O) groups excluding carboxylic acids is 1. The summed E-state index contributed by atoms with van der Waals surface area (Å²) >= 11 is 0. The van der Waals surface area contributed by atoms with E-state index in [-0.39, 0.29) is 0 Å². The summed E-state index contributed by atoms with van der Waals surface area (Å²) in [5.41, 5.74) is 6.86. The number of hydroxylamine groups is 1. The molecule has 0 saturated heterocycles. The van der Waals surface area contributed by atoms with E-state index in [1.165, 1.54) is 11.1 Å². The number of hydrogen-bond donors (Lipinski definition) is 2. The van der Waals surface area contributed by atoms with Crippen LogP contribution in [-0.2, 0) is 13.0 Å². The highest BCUT2D eigenvalue weighted by molar-refractivity contribution is 5.99. The molecule has 2 N–H and O–H groups in total. The average molecular weight is 282 g/mol. The Morgan fingerprint density at radius 1 is 1.14 bits per heavy atom. The second-order valence-corrected chi connectivity index (χ2v) is 5.35. The highest BCUT2D eigenvalue weighted by Crippen LogP contribution is 2.30. The molecule has 0 aliphatic carbocycles. The molecule has 0 radical (unpaired) electrons. The van der Waals surface area contributed by atoms with Crippen molar-refractivity contribution in [3.05, 3.63) is 64.7 Å². The van der Waals surface area contributed by atoms with Crippen molar-refractivity contribution >= 4 is 11.6 Å². The zero-order valence-electron chi connectivity index (χ0n) is 12.0. The Labute approximate surface area is 124 Å². The first-order valence-corrected chi connectivity index (χ1v) is 7.06. The number of anilines is 1. The van der Waals surface area contributed by atoms with Crippen molar-refractivity contribution in [1.82, 2.24) is 5.48 Å². The maximum absolute atomic E-state index is 11.9. The van der Waals surface area contributed by atoms with E-state index in [9.17, 15) is 4.79 Å². The molecule has 0 unspecified atom stereocenters. The van der Waals surface area contributed by atoms with E-state index < -0.39 is 5.91 Å². The summed E-state index contributed by atoms with van der Waals surface area (Å²) < 4.78 is 0. The van der Waals surface area contributed by atoms with Gasteiger partial charge in [-0.2, -0.15) is 0 Å². The SMILES string of the molecule is Cc1cccc(C(=O)NO)c1N1CCc2ccccc2C1. The van der Waals surface area contributed by atoms with Crippen molar-refractivity contribution in [1.29, 1.82) is 0 Å². The molecule has 1 aliphatic rings. The van der Waals surface area contributed by atoms with Gasteiger partial charge in [-0.15, -0.1) is 0 Å². The molecular formula is C17H18N2O2. The van der Waals surface area contributed by atoms with Gasteiger partial charge >= 0.3 is 0 Å². The summed E-state index contributed by atoms with van der Waals surface area (Å²) in [4.78, 5) is 14.1. The molecule has 3 rings (SSSR count). The molecule has 0 aromatic heterocycles. The number of nitrogens with zero attached hydrogens (tertiary/aromatic N) is 1. The summed E-state index contributed by atoms with van der Waals surface area (Å²) in [5, 5.41) is 8.94. The molecule has 2 aromatic rings. The molecule has 0 saturated carbocycles. The van der Waals surface area contributed by atoms with Crippen molar-refractivity contribution < 1.29 is 10.0 Å². The normalized spacial score (nSPS) is 13.7. The second-order valence-electron chi connectivity index (χ2n) is 5.35. The predicted molar refractivity (Wildman–Crippen MR) is 81.6 cm³/mol. The number of hydrogen-bond acceptors (Lipinski definition) is 3. The summed E-state index contributed by atoms with van der Waals surface area (Å²) in [6.45, 7) is 3.64. The summed E-state index contributed by atoms with van der Waals surface area (Å²) in [6, 6.07) is 14.0. The van der Waals surface area contributed by atoms with Gasteiger partial charge in [0.1, 0.15) is 0 Å². The molecule has 0 spiro atoms. The smallest absolute Gasteiger partial charge is 0.276 e. The average Bonchev–Trinajstić information content (AvgIpc) is 2.53. The second kappa shape index (κ2) is 5.58. The molecule has 1 heterocycles. The zero-order valence-corrected chi connectivity index (χ0v) is 12.0. The Kier molecular flexibility index (Phi) is 3.62. The Morgan fingerprint density at radius 2 is 1.90 bits per heavy atom. The summed E-state index contributed by atoms with van der Waals surface area (Å²) in [6.07, 6.45) is 0.963. The van der Waals surface area contributed by atoms with Crippen LogP contribution >= 0.6 is 0 Å². The number of para-hydroxylation sites is 1. The van der Waals surface area contributed by atoms with Gasteiger partial charge in [-0.1, -0.05) is 36.4 Å². The third-order valence-corrected chi connectivity index (χ3v) is 4.03. The van der Waals surface area contributed by atoms with Gasteiger partial charge in [-0.05, 0) is 36.1 Å². The van der Waals surface area contributed by atoms with Crippen LogP contribution in [0.5, 0.6) is 0 Å². The van der Waals surface area contributed by atoms with Crippen LogP contribution in [0.4, 0.5) is 5.69 Å². The van der Waals surface area contributed by atoms with E-state index in [1.807, 2.05) is 25.1 Å². The molecular weight excluding hydrogens is 264 g/mol. The van der Waals surface area contributed by atoms with Crippen molar-refractivity contribution in [3.63, 3.8) is 0 Å². The maximum Gasteiger partial charge on any atom is 0.276 e. The number of carbonyl (C=O) groups is 1. The minimum atomic E-state index is -0.465. The molecule has 0 bridgehead atoms. The highest BCUT2D eigenvalue weighted by Gasteiger charge is 2.22. The number of rotatable bonds is 2. The van der Waals surface area contributed by atoms with E-state index >= 15 is 0 Å². The van der Waals surface area contributed by atoms with Crippen LogP contribution in [0.25, 0.3) is 0 Å². The standard InChI is InChI=1S/C17H18N2O2/c1-12-5-4-8-15(17(20)18-21)16(12)19-10-9-13-6-2-3-7-14(13)11-19/h2-8,21H,9-11H2,1H3,(H,18,20). The first-order chi connectivity index (χ1) is 10.2. The van der Waals surface area contributed by atoms with E-state index in [0.29, 0.717) is 5.56 Å². The fraction of sp³-hybridized carbons (Fsp3) is 0.235. The zero-order chi connectivity index (χ0) is 14.8. The van der Waals surface area contributed by atoms with Crippen LogP contribution in [0, 0.1) is 6.92 Å². The van der Waals surface area contributed by atoms with Gasteiger partial charge in [0, 0.05) is 13.1 Å². The molecule has 2 aromatic carbocycles. The molecule has 0 atom stereocenters. The van der Waals surface area contributed by atoms with E-state index in [4.69, 9.17) is 5.21 Å². The summed E-state index contributed by atoms with van der Waals surface area (Å²) in [7, 11) is 0. The van der Waals surface area contributed by atoms with Crippen LogP contribution in [0.1, 0.15) is 27.0 Å². The molecule has 1 aliphatic heterocycles. The number of nitrogens with one attached hydrogen (secondary N) is 1. The van der Waals surface area contributed by atoms with Gasteiger partial charge in [0.25, 0.3) is 5.91 Å². The number of amides is 1. The molecule has 4 nitrogen and oxygen atoms in total. The first kappa shape index (κ1) is 13.6. The van der Waals surface area contributed by atoms with Crippen molar-refractivity contribution in [3.8, 4) is 0 Å². The van der Waals surface area contributed by atoms with Gasteiger partial charge in [0.2, 0.25) is 0 Å². The molecule has 1 amide bonds. The van der Waals surface area contributed by atoms with Gasteiger partial charge in [0.15, 0.2) is 0 Å². The molecule has 21 heavy (non-hydrogen) atoms. The van der Waals surface area contributed by atoms with Gasteiger partial charge in [-0.25, -0.2) is 5.48 Å². The highest BCUT2D eigenvalue weighted by atomic mass is 16.5. The Balaban J connectivity index is 2.00. The van der Waals surface area contributed by atoms with Gasteiger partial charge in [-0.3, -0.25) is 10.0 Å². The fourth-order valence-electron chi connectivity index (χ4n) is 3.01. The Hall–Kier alpha value is -2.33. The first-order valence-electron chi connectivity index (χ1n) is 7.06. The van der Waals surface area contributed by atoms with Crippen molar-refractivity contribution in [2.24, 2.45) is 0 Å². The van der Waals surface area contributed by atoms with Gasteiger partial charge < -0.3 is 4.90 Å². The van der Waals surface area contributed by atoms with E-state index in [1.54, 1.807) is 11.5 Å². The minimum Gasteiger partial charge on any atom is -0.366 e. The topological polar surface area (TPSA) is 52.6 Å². The number of fused-ring (bicyclic) bond motifs is 1. The quantitative estimate of drug-likeness (QED) is 0.657. The van der Waals surface area contributed by atoms with Crippen LogP contribution < -0.4 is 10.4 Å². The summed E-state index contributed by atoms with van der Waals surface area (Å²) in [5.74, 6) is -0.465. The fourth-order valence-corrected chi connectivity index (χ4v) is 3.01. The lowest BCUT2D eigenvalue weighted by molar-refractivity contribution is 0.0707. The van der Waals surface area contributed by atoms with Crippen LogP contribution in [0.3, 0.4) is 0 Å². The minimum absolute atomic E-state index is 0.465. The van der Waals surface area contributed by atoms with Crippen molar-refractivity contribution in [2.75, 3.05) is 11.4 Å². The predicted octanol–water partition coefficient (Wildman–Crippen LogP) is 2.68. The van der Waals surface area contributed by atoms with Crippen LogP contribution in [0.15, 0.2) is 42.5 Å². The van der Waals surface area contributed by atoms with Crippen molar-refractivity contribution in [2.45, 2.75) is 19.9 Å².